The molecular formula is C8H7N3OS. The summed E-state index contributed by atoms with van der Waals surface area (Å²) in [6.45, 7) is 3.99. The summed E-state index contributed by atoms with van der Waals surface area (Å²) in [5.74, 6) is 0.548. The fraction of sp³-hybridized carbons (Fsp3) is 0.250. The molecule has 0 aliphatic carbocycles. The number of thiazole rings is 1. The van der Waals surface area contributed by atoms with Crippen LogP contribution in [-0.4, -0.2) is 15.5 Å². The number of imidazole rings is 1. The average Bonchev–Trinajstić information content (AvgIpc) is 2.58. The van der Waals surface area contributed by atoms with E-state index in [-0.39, 0.29) is 0 Å². The van der Waals surface area contributed by atoms with Crippen LogP contribution >= 0.6 is 11.3 Å². The molecule has 0 aliphatic rings. The Kier molecular flexibility index (Phi) is 1.76. The molecule has 0 unspecified atom stereocenters. The van der Waals surface area contributed by atoms with Gasteiger partial charge in [-0.3, -0.25) is 4.40 Å². The van der Waals surface area contributed by atoms with Gasteiger partial charge in [0.2, 0.25) is 6.08 Å². The first-order chi connectivity index (χ1) is 6.24. The predicted molar refractivity (Wildman–Crippen MR) is 50.3 cm³/mol. The summed E-state index contributed by atoms with van der Waals surface area (Å²) in [5, 5.41) is 0. The Bertz CT molecular complexity index is 505. The van der Waals surface area contributed by atoms with Crippen LogP contribution in [0.2, 0.25) is 0 Å². The molecule has 0 bridgehead atoms. The molecule has 0 N–H and O–H groups in total. The van der Waals surface area contributed by atoms with Gasteiger partial charge < -0.3 is 0 Å². The molecule has 0 aliphatic heterocycles. The van der Waals surface area contributed by atoms with Crippen LogP contribution in [0.3, 0.4) is 0 Å². The Labute approximate surface area is 78.6 Å². The summed E-state index contributed by atoms with van der Waals surface area (Å²) in [6.07, 6.45) is 3.09. The van der Waals surface area contributed by atoms with E-state index in [0.717, 1.165) is 10.7 Å². The van der Waals surface area contributed by atoms with Crippen molar-refractivity contribution in [2.45, 2.75) is 13.8 Å². The molecule has 66 valence electrons. The van der Waals surface area contributed by atoms with Crippen molar-refractivity contribution in [1.82, 2.24) is 9.38 Å². The van der Waals surface area contributed by atoms with Crippen LogP contribution in [0.25, 0.3) is 4.96 Å². The fourth-order valence-electron chi connectivity index (χ4n) is 1.21. The topological polar surface area (TPSA) is 46.7 Å². The van der Waals surface area contributed by atoms with Crippen molar-refractivity contribution in [2.75, 3.05) is 0 Å². The first kappa shape index (κ1) is 8.16. The second-order valence-electron chi connectivity index (χ2n) is 2.68. The number of aliphatic imine (C=N–C) groups is 1. The van der Waals surface area contributed by atoms with Crippen LogP contribution in [-0.2, 0) is 4.79 Å². The van der Waals surface area contributed by atoms with Gasteiger partial charge in [0.1, 0.15) is 0 Å². The van der Waals surface area contributed by atoms with Crippen molar-refractivity contribution in [2.24, 2.45) is 4.99 Å². The standard InChI is InChI=1S/C8H7N3OS/c1-5-6(2)13-8-9-3-7(10-4-12)11(5)8/h3H,1-2H3. The maximum absolute atomic E-state index is 10.1. The molecule has 2 heterocycles. The summed E-state index contributed by atoms with van der Waals surface area (Å²) in [7, 11) is 0. The highest BCUT2D eigenvalue weighted by molar-refractivity contribution is 7.17. The van der Waals surface area contributed by atoms with Gasteiger partial charge in [0.15, 0.2) is 10.8 Å². The molecule has 2 aromatic rings. The Morgan fingerprint density at radius 3 is 3.08 bits per heavy atom. The number of hydrogen-bond donors (Lipinski definition) is 0. The molecule has 2 rings (SSSR count). The SMILES string of the molecule is Cc1sc2ncc(N=C=O)n2c1C. The predicted octanol–water partition coefficient (Wildman–Crippen LogP) is 1.98. The number of rotatable bonds is 1. The molecule has 0 radical (unpaired) electrons. The molecular weight excluding hydrogens is 186 g/mol. The molecule has 0 amide bonds. The molecule has 0 saturated carbocycles. The van der Waals surface area contributed by atoms with Gasteiger partial charge in [-0.25, -0.2) is 9.78 Å². The molecule has 0 fully saturated rings. The molecule has 0 aromatic carbocycles. The van der Waals surface area contributed by atoms with E-state index in [0.29, 0.717) is 5.82 Å². The third-order valence-electron chi connectivity index (χ3n) is 1.96. The minimum Gasteiger partial charge on any atom is -0.271 e. The van der Waals surface area contributed by atoms with E-state index in [1.807, 2.05) is 18.2 Å². The third-order valence-corrected chi connectivity index (χ3v) is 3.03. The Morgan fingerprint density at radius 1 is 1.62 bits per heavy atom. The summed E-state index contributed by atoms with van der Waals surface area (Å²) in [6, 6.07) is 0. The van der Waals surface area contributed by atoms with Crippen molar-refractivity contribution in [3.8, 4) is 0 Å². The van der Waals surface area contributed by atoms with Crippen molar-refractivity contribution in [1.29, 1.82) is 0 Å². The second-order valence-corrected chi connectivity index (χ2v) is 3.86. The van der Waals surface area contributed by atoms with Crippen LogP contribution in [0, 0.1) is 13.8 Å². The number of carbonyl (C=O) groups excluding carboxylic acids is 1. The van der Waals surface area contributed by atoms with Crippen molar-refractivity contribution in [3.63, 3.8) is 0 Å². The van der Waals surface area contributed by atoms with Gasteiger partial charge in [-0.1, -0.05) is 0 Å². The van der Waals surface area contributed by atoms with Crippen LogP contribution in [0.4, 0.5) is 5.82 Å². The molecule has 2 aromatic heterocycles. The molecule has 0 spiro atoms. The van der Waals surface area contributed by atoms with Gasteiger partial charge in [-0.05, 0) is 13.8 Å². The minimum atomic E-state index is 0.548. The smallest absolute Gasteiger partial charge is 0.242 e. The van der Waals surface area contributed by atoms with Gasteiger partial charge >= 0.3 is 0 Å². The van der Waals surface area contributed by atoms with Gasteiger partial charge in [0, 0.05) is 10.6 Å². The highest BCUT2D eigenvalue weighted by Gasteiger charge is 2.09. The molecule has 5 heteroatoms. The monoisotopic (exact) mass is 193 g/mol. The van der Waals surface area contributed by atoms with Crippen molar-refractivity contribution < 1.29 is 4.79 Å². The van der Waals surface area contributed by atoms with E-state index < -0.39 is 0 Å². The number of fused-ring (bicyclic) bond motifs is 1. The number of aromatic nitrogens is 2. The highest BCUT2D eigenvalue weighted by atomic mass is 32.1. The molecule has 0 saturated heterocycles. The Morgan fingerprint density at radius 2 is 2.38 bits per heavy atom. The number of aryl methyl sites for hydroxylation is 2. The maximum Gasteiger partial charge on any atom is 0.242 e. The third kappa shape index (κ3) is 1.09. The lowest BCUT2D eigenvalue weighted by molar-refractivity contribution is 0.565. The first-order valence-corrected chi connectivity index (χ1v) is 4.57. The van der Waals surface area contributed by atoms with E-state index in [9.17, 15) is 4.79 Å². The van der Waals surface area contributed by atoms with Crippen LogP contribution in [0.5, 0.6) is 0 Å². The zero-order valence-corrected chi connectivity index (χ0v) is 8.05. The van der Waals surface area contributed by atoms with E-state index in [1.54, 1.807) is 17.5 Å². The Balaban J connectivity index is 2.84. The van der Waals surface area contributed by atoms with Crippen LogP contribution in [0.15, 0.2) is 11.2 Å². The fourth-order valence-corrected chi connectivity index (χ4v) is 2.15. The zero-order chi connectivity index (χ0) is 9.42. The van der Waals surface area contributed by atoms with Gasteiger partial charge in [0.25, 0.3) is 0 Å². The van der Waals surface area contributed by atoms with E-state index in [1.165, 1.54) is 11.0 Å². The van der Waals surface area contributed by atoms with Crippen LogP contribution < -0.4 is 0 Å². The van der Waals surface area contributed by atoms with Crippen LogP contribution in [0.1, 0.15) is 10.6 Å². The summed E-state index contributed by atoms with van der Waals surface area (Å²) < 4.78 is 1.85. The van der Waals surface area contributed by atoms with Gasteiger partial charge in [-0.2, -0.15) is 0 Å². The number of hydrogen-bond acceptors (Lipinski definition) is 4. The van der Waals surface area contributed by atoms with Gasteiger partial charge in [-0.15, -0.1) is 16.3 Å². The normalized spacial score (nSPS) is 10.3. The molecule has 0 atom stereocenters. The van der Waals surface area contributed by atoms with Crippen molar-refractivity contribution in [3.05, 3.63) is 16.8 Å². The highest BCUT2D eigenvalue weighted by Crippen LogP contribution is 2.26. The lowest BCUT2D eigenvalue weighted by Crippen LogP contribution is -1.83. The minimum absolute atomic E-state index is 0.548. The quantitative estimate of drug-likeness (QED) is 0.513. The van der Waals surface area contributed by atoms with Crippen molar-refractivity contribution >= 4 is 28.2 Å². The average molecular weight is 193 g/mol. The lowest BCUT2D eigenvalue weighted by Gasteiger charge is -1.91. The zero-order valence-electron chi connectivity index (χ0n) is 7.24. The number of isocyanates is 1. The first-order valence-electron chi connectivity index (χ1n) is 3.75. The van der Waals surface area contributed by atoms with E-state index in [2.05, 4.69) is 9.98 Å². The molecule has 4 nitrogen and oxygen atoms in total. The van der Waals surface area contributed by atoms with E-state index in [4.69, 9.17) is 0 Å². The summed E-state index contributed by atoms with van der Waals surface area (Å²) >= 11 is 1.59. The summed E-state index contributed by atoms with van der Waals surface area (Å²) in [4.78, 5) is 19.9. The largest absolute Gasteiger partial charge is 0.271 e. The van der Waals surface area contributed by atoms with Gasteiger partial charge in [0.05, 0.1) is 6.20 Å². The maximum atomic E-state index is 10.1. The molecule has 13 heavy (non-hydrogen) atoms. The second kappa shape index (κ2) is 2.80. The number of nitrogens with zero attached hydrogens (tertiary/aromatic N) is 3. The Hall–Kier alpha value is -1.45. The summed E-state index contributed by atoms with van der Waals surface area (Å²) in [5.41, 5.74) is 1.08. The lowest BCUT2D eigenvalue weighted by atomic mass is 10.4. The van der Waals surface area contributed by atoms with E-state index >= 15 is 0 Å².